The molecule has 1 heterocycles. The van der Waals surface area contributed by atoms with Crippen molar-refractivity contribution in [3.63, 3.8) is 0 Å². The summed E-state index contributed by atoms with van der Waals surface area (Å²) in [6, 6.07) is 0.180. The number of nitrogens with zero attached hydrogens (tertiary/aromatic N) is 1. The molecule has 5 nitrogen and oxygen atoms in total. The molecule has 1 aromatic heterocycles. The molecule has 0 unspecified atom stereocenters. The number of hydrogen-bond acceptors (Lipinski definition) is 3. The van der Waals surface area contributed by atoms with Gasteiger partial charge in [-0.1, -0.05) is 0 Å². The lowest BCUT2D eigenvalue weighted by Crippen LogP contribution is -2.38. The number of hydrogen-bond donors (Lipinski definition) is 3. The molecule has 17 heavy (non-hydrogen) atoms. The zero-order chi connectivity index (χ0) is 12.4. The number of aromatic amines is 1. The number of aromatic nitrogens is 2. The molecular formula is C12H19N3O2. The maximum Gasteiger partial charge on any atom is 0.255 e. The third-order valence-corrected chi connectivity index (χ3v) is 3.39. The van der Waals surface area contributed by atoms with Crippen LogP contribution in [0.1, 0.15) is 47.4 Å². The van der Waals surface area contributed by atoms with Crippen LogP contribution < -0.4 is 5.32 Å². The van der Waals surface area contributed by atoms with Gasteiger partial charge in [-0.05, 0) is 39.5 Å². The molecule has 3 N–H and O–H groups in total. The molecule has 5 heteroatoms. The molecule has 0 aliphatic heterocycles. The second-order valence-electron chi connectivity index (χ2n) is 4.79. The van der Waals surface area contributed by atoms with Crippen LogP contribution in [0.25, 0.3) is 0 Å². The Labute approximate surface area is 101 Å². The van der Waals surface area contributed by atoms with Crippen LogP contribution in [0.5, 0.6) is 0 Å². The van der Waals surface area contributed by atoms with Crippen LogP contribution in [0.3, 0.4) is 0 Å². The van der Waals surface area contributed by atoms with E-state index in [9.17, 15) is 9.90 Å². The fourth-order valence-corrected chi connectivity index (χ4v) is 2.36. The second-order valence-corrected chi connectivity index (χ2v) is 4.79. The number of H-pyrrole nitrogens is 1. The third-order valence-electron chi connectivity index (χ3n) is 3.39. The summed E-state index contributed by atoms with van der Waals surface area (Å²) in [4.78, 5) is 12.1. The van der Waals surface area contributed by atoms with Crippen molar-refractivity contribution in [1.29, 1.82) is 0 Å². The van der Waals surface area contributed by atoms with Gasteiger partial charge in [-0.2, -0.15) is 5.10 Å². The van der Waals surface area contributed by atoms with Gasteiger partial charge in [-0.3, -0.25) is 9.89 Å². The van der Waals surface area contributed by atoms with Gasteiger partial charge in [-0.25, -0.2) is 0 Å². The van der Waals surface area contributed by atoms with Crippen molar-refractivity contribution in [2.45, 2.75) is 51.7 Å². The number of amides is 1. The standard InChI is InChI=1S/C12H19N3O2/c1-7-11(8(2)15-14-7)12(17)13-9-3-5-10(16)6-4-9/h9-10,16H,3-6H2,1-2H3,(H,13,17)(H,14,15). The van der Waals surface area contributed by atoms with Gasteiger partial charge in [0.25, 0.3) is 5.91 Å². The van der Waals surface area contributed by atoms with Gasteiger partial charge in [-0.15, -0.1) is 0 Å². The van der Waals surface area contributed by atoms with Gasteiger partial charge >= 0.3 is 0 Å². The average molecular weight is 237 g/mol. The molecule has 1 aliphatic carbocycles. The minimum absolute atomic E-state index is 0.0601. The summed E-state index contributed by atoms with van der Waals surface area (Å²) in [5.41, 5.74) is 2.18. The number of carbonyl (C=O) groups excluding carboxylic acids is 1. The molecule has 2 rings (SSSR count). The summed E-state index contributed by atoms with van der Waals surface area (Å²) in [6.45, 7) is 3.67. The summed E-state index contributed by atoms with van der Waals surface area (Å²) >= 11 is 0. The normalized spacial score (nSPS) is 24.6. The average Bonchev–Trinajstić information content (AvgIpc) is 2.62. The van der Waals surface area contributed by atoms with E-state index < -0.39 is 0 Å². The van der Waals surface area contributed by atoms with E-state index in [4.69, 9.17) is 0 Å². The van der Waals surface area contributed by atoms with E-state index in [0.717, 1.165) is 37.1 Å². The molecule has 0 bridgehead atoms. The van der Waals surface area contributed by atoms with E-state index in [0.29, 0.717) is 5.56 Å². The zero-order valence-electron chi connectivity index (χ0n) is 10.3. The number of carbonyl (C=O) groups is 1. The third kappa shape index (κ3) is 2.66. The molecule has 0 saturated heterocycles. The van der Waals surface area contributed by atoms with Crippen molar-refractivity contribution in [1.82, 2.24) is 15.5 Å². The first-order valence-corrected chi connectivity index (χ1v) is 6.08. The summed E-state index contributed by atoms with van der Waals surface area (Å²) in [6.07, 6.45) is 3.05. The minimum atomic E-state index is -0.194. The Morgan fingerprint density at radius 3 is 2.53 bits per heavy atom. The number of rotatable bonds is 2. The summed E-state index contributed by atoms with van der Waals surface area (Å²) in [5.74, 6) is -0.0601. The number of aryl methyl sites for hydroxylation is 2. The zero-order valence-corrected chi connectivity index (χ0v) is 10.3. The van der Waals surface area contributed by atoms with E-state index in [-0.39, 0.29) is 18.1 Å². The quantitative estimate of drug-likeness (QED) is 0.719. The van der Waals surface area contributed by atoms with Crippen molar-refractivity contribution in [3.8, 4) is 0 Å². The molecule has 1 saturated carbocycles. The lowest BCUT2D eigenvalue weighted by Gasteiger charge is -2.26. The highest BCUT2D eigenvalue weighted by Crippen LogP contribution is 2.19. The summed E-state index contributed by atoms with van der Waals surface area (Å²) < 4.78 is 0. The maximum atomic E-state index is 12.1. The smallest absolute Gasteiger partial charge is 0.255 e. The molecule has 1 aromatic rings. The van der Waals surface area contributed by atoms with Gasteiger partial charge in [0.2, 0.25) is 0 Å². The van der Waals surface area contributed by atoms with Gasteiger partial charge in [0.1, 0.15) is 0 Å². The molecule has 1 fully saturated rings. The Kier molecular flexibility index (Phi) is 3.47. The van der Waals surface area contributed by atoms with Crippen LogP contribution in [0.2, 0.25) is 0 Å². The van der Waals surface area contributed by atoms with Crippen molar-refractivity contribution in [2.75, 3.05) is 0 Å². The predicted molar refractivity (Wildman–Crippen MR) is 63.8 cm³/mol. The molecule has 0 spiro atoms. The topological polar surface area (TPSA) is 78.0 Å². The maximum absolute atomic E-state index is 12.1. The number of aliphatic hydroxyl groups is 1. The second kappa shape index (κ2) is 4.87. The van der Waals surface area contributed by atoms with Crippen LogP contribution in [0.15, 0.2) is 0 Å². The van der Waals surface area contributed by atoms with Crippen LogP contribution >= 0.6 is 0 Å². The van der Waals surface area contributed by atoms with Crippen molar-refractivity contribution < 1.29 is 9.90 Å². The Bertz CT molecular complexity index is 386. The fraction of sp³-hybridized carbons (Fsp3) is 0.667. The van der Waals surface area contributed by atoms with Gasteiger partial charge in [0, 0.05) is 11.7 Å². The van der Waals surface area contributed by atoms with E-state index in [1.54, 1.807) is 0 Å². The molecule has 0 aromatic carbocycles. The summed E-state index contributed by atoms with van der Waals surface area (Å²) in [5, 5.41) is 19.2. The molecule has 0 radical (unpaired) electrons. The van der Waals surface area contributed by atoms with E-state index in [1.165, 1.54) is 0 Å². The largest absolute Gasteiger partial charge is 0.393 e. The fourth-order valence-electron chi connectivity index (χ4n) is 2.36. The van der Waals surface area contributed by atoms with Crippen molar-refractivity contribution >= 4 is 5.91 Å². The van der Waals surface area contributed by atoms with Gasteiger partial charge < -0.3 is 10.4 Å². The van der Waals surface area contributed by atoms with E-state index in [1.807, 2.05) is 13.8 Å². The van der Waals surface area contributed by atoms with Crippen LogP contribution in [0.4, 0.5) is 0 Å². The molecule has 1 aliphatic rings. The monoisotopic (exact) mass is 237 g/mol. The minimum Gasteiger partial charge on any atom is -0.393 e. The molecule has 1 amide bonds. The molecule has 0 atom stereocenters. The highest BCUT2D eigenvalue weighted by molar-refractivity contribution is 5.96. The first-order valence-electron chi connectivity index (χ1n) is 6.08. The van der Waals surface area contributed by atoms with Crippen molar-refractivity contribution in [3.05, 3.63) is 17.0 Å². The molecule has 94 valence electrons. The lowest BCUT2D eigenvalue weighted by atomic mass is 9.93. The SMILES string of the molecule is Cc1n[nH]c(C)c1C(=O)NC1CCC(O)CC1. The van der Waals surface area contributed by atoms with Crippen LogP contribution in [0, 0.1) is 13.8 Å². The van der Waals surface area contributed by atoms with E-state index >= 15 is 0 Å². The first-order chi connectivity index (χ1) is 8.08. The predicted octanol–water partition coefficient (Wildman–Crippen LogP) is 1.06. The van der Waals surface area contributed by atoms with E-state index in [2.05, 4.69) is 15.5 Å². The Morgan fingerprint density at radius 1 is 1.35 bits per heavy atom. The van der Waals surface area contributed by atoms with Gasteiger partial charge in [0.05, 0.1) is 17.4 Å². The highest BCUT2D eigenvalue weighted by Gasteiger charge is 2.23. The number of aliphatic hydroxyl groups excluding tert-OH is 1. The van der Waals surface area contributed by atoms with Crippen LogP contribution in [-0.2, 0) is 0 Å². The van der Waals surface area contributed by atoms with Crippen LogP contribution in [-0.4, -0.2) is 33.4 Å². The van der Waals surface area contributed by atoms with Crippen molar-refractivity contribution in [2.24, 2.45) is 0 Å². The Morgan fingerprint density at radius 2 is 2.00 bits per heavy atom. The first kappa shape index (κ1) is 12.1. The number of nitrogens with one attached hydrogen (secondary N) is 2. The van der Waals surface area contributed by atoms with Gasteiger partial charge in [0.15, 0.2) is 0 Å². The summed E-state index contributed by atoms with van der Waals surface area (Å²) in [7, 11) is 0. The molecular weight excluding hydrogens is 218 g/mol. The lowest BCUT2D eigenvalue weighted by molar-refractivity contribution is 0.0866. The Balaban J connectivity index is 1.98. The highest BCUT2D eigenvalue weighted by atomic mass is 16.3. The Hall–Kier alpha value is -1.36.